The number of benzene rings is 2. The van der Waals surface area contributed by atoms with Crippen LogP contribution in [0.2, 0.25) is 0 Å². The molecule has 2 heteroatoms. The van der Waals surface area contributed by atoms with Gasteiger partial charge in [0, 0.05) is 0 Å². The van der Waals surface area contributed by atoms with Crippen molar-refractivity contribution in [3.8, 4) is 16.9 Å². The number of aryl methyl sites for hydroxylation is 2. The van der Waals surface area contributed by atoms with Gasteiger partial charge in [0.2, 0.25) is 0 Å². The van der Waals surface area contributed by atoms with Gasteiger partial charge in [-0.25, -0.2) is 0 Å². The van der Waals surface area contributed by atoms with Crippen LogP contribution in [-0.4, -0.2) is 0 Å². The summed E-state index contributed by atoms with van der Waals surface area (Å²) in [7, 11) is 0. The molecular weight excluding hydrogens is 317 g/mol. The molecule has 0 bridgehead atoms. The maximum Gasteiger partial charge on any atom is 1.00 e. The maximum absolute atomic E-state index is 11.0. The van der Waals surface area contributed by atoms with Crippen LogP contribution < -0.4 is 74.0 Å². The molecule has 2 aromatic rings. The van der Waals surface area contributed by atoms with Gasteiger partial charge in [0.05, 0.1) is 0 Å². The monoisotopic (exact) mass is 330 g/mol. The minimum absolute atomic E-state index is 0. The molecule has 0 unspecified atom stereocenters. The van der Waals surface area contributed by atoms with Gasteiger partial charge < -0.3 is 5.11 Å². The summed E-state index contributed by atoms with van der Waals surface area (Å²) in [4.78, 5) is 0. The summed E-state index contributed by atoms with van der Waals surface area (Å²) in [5.41, 5.74) is 4.78. The summed E-state index contributed by atoms with van der Waals surface area (Å²) >= 11 is 0. The van der Waals surface area contributed by atoms with Crippen LogP contribution in [0.15, 0.2) is 42.5 Å². The second-order valence-corrected chi connectivity index (χ2v) is 3.84. The number of rotatable bonds is 1. The van der Waals surface area contributed by atoms with Crippen LogP contribution in [0.4, 0.5) is 0 Å². The van der Waals surface area contributed by atoms with Crippen molar-refractivity contribution in [1.82, 2.24) is 0 Å². The normalized spacial score (nSPS) is 9.62. The van der Waals surface area contributed by atoms with Gasteiger partial charge in [0.15, 0.2) is 0 Å². The summed E-state index contributed by atoms with van der Waals surface area (Å²) in [6.45, 7) is 4.16. The van der Waals surface area contributed by atoms with Crippen molar-refractivity contribution < 1.29 is 74.0 Å². The largest absolute Gasteiger partial charge is 1.00 e. The Hall–Kier alpha value is 0.292. The molecule has 0 aromatic heterocycles. The Morgan fingerprint density at radius 1 is 0.875 bits per heavy atom. The van der Waals surface area contributed by atoms with E-state index >= 15 is 0 Å². The molecule has 0 saturated heterocycles. The SMILES string of the molecule is Cc1ccc(C)c(-c2ccc([O-])cc2)c1.[Cs+]. The first-order chi connectivity index (χ1) is 7.16. The molecule has 2 aromatic carbocycles. The summed E-state index contributed by atoms with van der Waals surface area (Å²) in [5, 5.41) is 11.0. The van der Waals surface area contributed by atoms with E-state index in [4.69, 9.17) is 0 Å². The Balaban J connectivity index is 0.00000128. The van der Waals surface area contributed by atoms with Crippen molar-refractivity contribution in [3.63, 3.8) is 0 Å². The predicted molar refractivity (Wildman–Crippen MR) is 60.8 cm³/mol. The fourth-order valence-electron chi connectivity index (χ4n) is 1.68. The molecule has 0 atom stereocenters. The first kappa shape index (κ1) is 14.4. The fraction of sp³-hybridized carbons (Fsp3) is 0.143. The van der Waals surface area contributed by atoms with Crippen LogP contribution in [0, 0.1) is 13.8 Å². The van der Waals surface area contributed by atoms with Gasteiger partial charge >= 0.3 is 68.9 Å². The predicted octanol–water partition coefficient (Wildman–Crippen LogP) is 0.0480. The Morgan fingerprint density at radius 3 is 2.12 bits per heavy atom. The van der Waals surface area contributed by atoms with Gasteiger partial charge in [-0.15, -0.1) is 5.75 Å². The molecule has 76 valence electrons. The third-order valence-corrected chi connectivity index (χ3v) is 2.56. The molecule has 0 fully saturated rings. The van der Waals surface area contributed by atoms with E-state index in [0.717, 1.165) is 5.56 Å². The van der Waals surface area contributed by atoms with Crippen LogP contribution in [-0.2, 0) is 0 Å². The van der Waals surface area contributed by atoms with Gasteiger partial charge in [-0.1, -0.05) is 48.0 Å². The first-order valence-electron chi connectivity index (χ1n) is 5.01. The van der Waals surface area contributed by atoms with E-state index in [1.54, 1.807) is 12.1 Å². The zero-order chi connectivity index (χ0) is 10.8. The quantitative estimate of drug-likeness (QED) is 0.725. The smallest absolute Gasteiger partial charge is 0.872 e. The zero-order valence-corrected chi connectivity index (χ0v) is 16.2. The summed E-state index contributed by atoms with van der Waals surface area (Å²) in [6, 6.07) is 13.3. The standard InChI is InChI=1S/C14H14O.Cs/c1-10-3-4-11(2)14(9-10)12-5-7-13(15)8-6-12;/h3-9,15H,1-2H3;/q;+1/p-1. The second-order valence-electron chi connectivity index (χ2n) is 3.84. The molecule has 2 rings (SSSR count). The molecule has 0 N–H and O–H groups in total. The fourth-order valence-corrected chi connectivity index (χ4v) is 1.68. The van der Waals surface area contributed by atoms with E-state index in [1.165, 1.54) is 16.7 Å². The van der Waals surface area contributed by atoms with Crippen molar-refractivity contribution in [2.24, 2.45) is 0 Å². The van der Waals surface area contributed by atoms with Crippen molar-refractivity contribution in [2.75, 3.05) is 0 Å². The second kappa shape index (κ2) is 6.29. The van der Waals surface area contributed by atoms with E-state index in [9.17, 15) is 5.11 Å². The Labute approximate surface area is 155 Å². The number of hydrogen-bond donors (Lipinski definition) is 0. The van der Waals surface area contributed by atoms with Gasteiger partial charge in [-0.2, -0.15) is 0 Å². The molecule has 0 amide bonds. The molecule has 0 aliphatic rings. The molecule has 0 heterocycles. The van der Waals surface area contributed by atoms with E-state index in [-0.39, 0.29) is 74.6 Å². The van der Waals surface area contributed by atoms with Gasteiger partial charge in [-0.05, 0) is 30.5 Å². The van der Waals surface area contributed by atoms with Gasteiger partial charge in [-0.3, -0.25) is 0 Å². The van der Waals surface area contributed by atoms with E-state index in [0.29, 0.717) is 0 Å². The molecule has 1 nitrogen and oxygen atoms in total. The van der Waals surface area contributed by atoms with Crippen molar-refractivity contribution in [2.45, 2.75) is 13.8 Å². The molecule has 0 spiro atoms. The third-order valence-electron chi connectivity index (χ3n) is 2.56. The molecule has 0 saturated carbocycles. The summed E-state index contributed by atoms with van der Waals surface area (Å²) in [6.07, 6.45) is 0. The van der Waals surface area contributed by atoms with Gasteiger partial charge in [0.25, 0.3) is 0 Å². The Bertz CT molecular complexity index is 475. The van der Waals surface area contributed by atoms with Crippen molar-refractivity contribution >= 4 is 0 Å². The summed E-state index contributed by atoms with van der Waals surface area (Å²) in [5.74, 6) is 0.0593. The first-order valence-corrected chi connectivity index (χ1v) is 5.01. The molecule has 0 radical (unpaired) electrons. The van der Waals surface area contributed by atoms with Crippen LogP contribution in [0.3, 0.4) is 0 Å². The van der Waals surface area contributed by atoms with Crippen LogP contribution in [0.5, 0.6) is 5.75 Å². The number of hydrogen-bond acceptors (Lipinski definition) is 1. The van der Waals surface area contributed by atoms with Crippen molar-refractivity contribution in [1.29, 1.82) is 0 Å². The average molecular weight is 330 g/mol. The Morgan fingerprint density at radius 2 is 1.50 bits per heavy atom. The average Bonchev–Trinajstić information content (AvgIpc) is 2.23. The van der Waals surface area contributed by atoms with Crippen molar-refractivity contribution in [3.05, 3.63) is 53.6 Å². The van der Waals surface area contributed by atoms with E-state index in [2.05, 4.69) is 32.0 Å². The van der Waals surface area contributed by atoms with Crippen LogP contribution in [0.1, 0.15) is 11.1 Å². The van der Waals surface area contributed by atoms with E-state index < -0.39 is 0 Å². The molecule has 0 aliphatic carbocycles. The van der Waals surface area contributed by atoms with E-state index in [1.807, 2.05) is 12.1 Å². The minimum atomic E-state index is 0. The third kappa shape index (κ3) is 3.39. The summed E-state index contributed by atoms with van der Waals surface area (Å²) < 4.78 is 0. The minimum Gasteiger partial charge on any atom is -0.872 e. The Kier molecular flexibility index (Phi) is 5.64. The van der Waals surface area contributed by atoms with Crippen LogP contribution in [0.25, 0.3) is 11.1 Å². The molecule has 0 aliphatic heterocycles. The maximum atomic E-state index is 11.0. The van der Waals surface area contributed by atoms with Gasteiger partial charge in [0.1, 0.15) is 0 Å². The van der Waals surface area contributed by atoms with Crippen LogP contribution >= 0.6 is 0 Å². The zero-order valence-electron chi connectivity index (χ0n) is 9.95. The topological polar surface area (TPSA) is 23.1 Å². The molecular formula is C14H13CsO. The molecule has 16 heavy (non-hydrogen) atoms.